The first kappa shape index (κ1) is 18.9. The number of halogens is 3. The highest BCUT2D eigenvalue weighted by molar-refractivity contribution is 6.35. The fraction of sp³-hybridized carbons (Fsp3) is 0.588. The number of rotatable bonds is 5. The van der Waals surface area contributed by atoms with E-state index in [1.807, 2.05) is 12.1 Å². The molecule has 1 aromatic carbocycles. The van der Waals surface area contributed by atoms with Gasteiger partial charge >= 0.3 is 0 Å². The van der Waals surface area contributed by atoms with Crippen molar-refractivity contribution in [2.45, 2.75) is 50.6 Å². The van der Waals surface area contributed by atoms with Crippen molar-refractivity contribution in [3.8, 4) is 0 Å². The van der Waals surface area contributed by atoms with Crippen molar-refractivity contribution >= 4 is 41.5 Å². The second kappa shape index (κ2) is 8.57. The summed E-state index contributed by atoms with van der Waals surface area (Å²) in [5.74, 6) is 0.703. The predicted molar refractivity (Wildman–Crippen MR) is 97.7 cm³/mol. The number of hydrogen-bond donors (Lipinski definition) is 2. The zero-order chi connectivity index (χ0) is 15.5. The Morgan fingerprint density at radius 3 is 2.57 bits per heavy atom. The second-order valence-corrected chi connectivity index (χ2v) is 7.36. The van der Waals surface area contributed by atoms with E-state index in [-0.39, 0.29) is 18.3 Å². The number of piperidine rings is 1. The SMILES string of the molecule is Cl.O=C(CC1CC2CCC(C1)N2)NCCc1ccc(Cl)cc1Cl. The van der Waals surface area contributed by atoms with Crippen LogP contribution in [0.1, 0.15) is 37.7 Å². The normalized spacial score (nSPS) is 25.7. The molecule has 128 valence electrons. The molecule has 2 aliphatic rings. The van der Waals surface area contributed by atoms with Gasteiger partial charge in [0.05, 0.1) is 0 Å². The molecule has 2 heterocycles. The molecule has 6 heteroatoms. The van der Waals surface area contributed by atoms with Crippen LogP contribution in [-0.2, 0) is 11.2 Å². The molecule has 23 heavy (non-hydrogen) atoms. The van der Waals surface area contributed by atoms with Crippen LogP contribution >= 0.6 is 35.6 Å². The number of amides is 1. The van der Waals surface area contributed by atoms with Gasteiger partial charge in [-0.2, -0.15) is 0 Å². The van der Waals surface area contributed by atoms with Crippen LogP contribution in [0.15, 0.2) is 18.2 Å². The van der Waals surface area contributed by atoms with E-state index >= 15 is 0 Å². The van der Waals surface area contributed by atoms with Crippen LogP contribution in [0, 0.1) is 5.92 Å². The van der Waals surface area contributed by atoms with E-state index in [2.05, 4.69) is 10.6 Å². The van der Waals surface area contributed by atoms with E-state index in [1.54, 1.807) is 6.07 Å². The molecule has 2 aliphatic heterocycles. The molecule has 3 nitrogen and oxygen atoms in total. The van der Waals surface area contributed by atoms with Gasteiger partial charge in [-0.3, -0.25) is 4.79 Å². The fourth-order valence-electron chi connectivity index (χ4n) is 3.74. The predicted octanol–water partition coefficient (Wildman–Crippen LogP) is 3.99. The lowest BCUT2D eigenvalue weighted by molar-refractivity contribution is -0.122. The summed E-state index contributed by atoms with van der Waals surface area (Å²) in [7, 11) is 0. The summed E-state index contributed by atoms with van der Waals surface area (Å²) in [6.07, 6.45) is 6.23. The van der Waals surface area contributed by atoms with Gasteiger partial charge in [0.1, 0.15) is 0 Å². The van der Waals surface area contributed by atoms with Crippen molar-refractivity contribution in [3.05, 3.63) is 33.8 Å². The summed E-state index contributed by atoms with van der Waals surface area (Å²) in [5.41, 5.74) is 1.02. The summed E-state index contributed by atoms with van der Waals surface area (Å²) in [6, 6.07) is 6.77. The van der Waals surface area contributed by atoms with Crippen LogP contribution < -0.4 is 10.6 Å². The van der Waals surface area contributed by atoms with E-state index in [0.29, 0.717) is 41.0 Å². The summed E-state index contributed by atoms with van der Waals surface area (Å²) in [5, 5.41) is 7.93. The first-order valence-electron chi connectivity index (χ1n) is 8.07. The smallest absolute Gasteiger partial charge is 0.220 e. The van der Waals surface area contributed by atoms with Crippen LogP contribution in [-0.4, -0.2) is 24.5 Å². The molecule has 2 saturated heterocycles. The summed E-state index contributed by atoms with van der Waals surface area (Å²) in [6.45, 7) is 0.623. The molecule has 0 spiro atoms. The lowest BCUT2D eigenvalue weighted by Gasteiger charge is -2.28. The molecular formula is C17H23Cl3N2O. The molecule has 2 bridgehead atoms. The molecule has 0 saturated carbocycles. The minimum atomic E-state index is 0. The van der Waals surface area contributed by atoms with Gasteiger partial charge in [-0.25, -0.2) is 0 Å². The van der Waals surface area contributed by atoms with Crippen molar-refractivity contribution in [3.63, 3.8) is 0 Å². The number of fused-ring (bicyclic) bond motifs is 2. The number of carbonyl (C=O) groups excluding carboxylic acids is 1. The van der Waals surface area contributed by atoms with Crippen LogP contribution in [0.3, 0.4) is 0 Å². The van der Waals surface area contributed by atoms with Crippen molar-refractivity contribution < 1.29 is 4.79 Å². The summed E-state index contributed by atoms with van der Waals surface area (Å²) in [4.78, 5) is 12.1. The second-order valence-electron chi connectivity index (χ2n) is 6.52. The molecule has 2 fully saturated rings. The minimum absolute atomic E-state index is 0. The molecule has 2 atom stereocenters. The monoisotopic (exact) mass is 376 g/mol. The zero-order valence-corrected chi connectivity index (χ0v) is 15.3. The summed E-state index contributed by atoms with van der Waals surface area (Å²) >= 11 is 12.0. The zero-order valence-electron chi connectivity index (χ0n) is 13.0. The lowest BCUT2D eigenvalue weighted by atomic mass is 9.89. The first-order valence-corrected chi connectivity index (χ1v) is 8.82. The number of benzene rings is 1. The van der Waals surface area contributed by atoms with Crippen molar-refractivity contribution in [2.75, 3.05) is 6.54 Å². The van der Waals surface area contributed by atoms with Gasteiger partial charge in [0.15, 0.2) is 0 Å². The average Bonchev–Trinajstić information content (AvgIpc) is 2.80. The Hall–Kier alpha value is -0.480. The van der Waals surface area contributed by atoms with E-state index < -0.39 is 0 Å². The summed E-state index contributed by atoms with van der Waals surface area (Å²) < 4.78 is 0. The third-order valence-corrected chi connectivity index (χ3v) is 5.36. The van der Waals surface area contributed by atoms with E-state index in [0.717, 1.165) is 24.8 Å². The van der Waals surface area contributed by atoms with Gasteiger partial charge in [-0.05, 0) is 55.7 Å². The van der Waals surface area contributed by atoms with Gasteiger partial charge < -0.3 is 10.6 Å². The molecule has 1 amide bonds. The van der Waals surface area contributed by atoms with Gasteiger partial charge in [0, 0.05) is 35.1 Å². The fourth-order valence-corrected chi connectivity index (χ4v) is 4.24. The van der Waals surface area contributed by atoms with Gasteiger partial charge in [0.2, 0.25) is 5.91 Å². The highest BCUT2D eigenvalue weighted by atomic mass is 35.5. The van der Waals surface area contributed by atoms with Crippen LogP contribution in [0.25, 0.3) is 0 Å². The highest BCUT2D eigenvalue weighted by Crippen LogP contribution is 2.32. The number of hydrogen-bond acceptors (Lipinski definition) is 2. The highest BCUT2D eigenvalue weighted by Gasteiger charge is 2.34. The average molecular weight is 378 g/mol. The van der Waals surface area contributed by atoms with Crippen LogP contribution in [0.4, 0.5) is 0 Å². The van der Waals surface area contributed by atoms with Crippen LogP contribution in [0.2, 0.25) is 10.0 Å². The molecule has 3 rings (SSSR count). The van der Waals surface area contributed by atoms with Crippen molar-refractivity contribution in [1.82, 2.24) is 10.6 Å². The van der Waals surface area contributed by atoms with E-state index in [1.165, 1.54) is 12.8 Å². The standard InChI is InChI=1S/C17H22Cl2N2O.ClH/c18-13-2-1-12(16(19)10-13)5-6-20-17(22)9-11-7-14-3-4-15(8-11)21-14;/h1-2,10-11,14-15,21H,3-9H2,(H,20,22);1H. The molecule has 0 radical (unpaired) electrons. The maximum Gasteiger partial charge on any atom is 0.220 e. The number of carbonyl (C=O) groups is 1. The Kier molecular flexibility index (Phi) is 7.02. The maximum absolute atomic E-state index is 12.1. The Labute approximate surface area is 153 Å². The topological polar surface area (TPSA) is 41.1 Å². The Morgan fingerprint density at radius 1 is 1.22 bits per heavy atom. The van der Waals surface area contributed by atoms with Crippen LogP contribution in [0.5, 0.6) is 0 Å². The van der Waals surface area contributed by atoms with Crippen molar-refractivity contribution in [2.24, 2.45) is 5.92 Å². The molecule has 0 aromatic heterocycles. The van der Waals surface area contributed by atoms with E-state index in [9.17, 15) is 4.79 Å². The first-order chi connectivity index (χ1) is 10.6. The Balaban J connectivity index is 0.00000192. The Bertz CT molecular complexity index is 541. The van der Waals surface area contributed by atoms with Gasteiger partial charge in [-0.15, -0.1) is 12.4 Å². The molecular weight excluding hydrogens is 355 g/mol. The minimum Gasteiger partial charge on any atom is -0.356 e. The Morgan fingerprint density at radius 2 is 1.91 bits per heavy atom. The molecule has 1 aromatic rings. The van der Waals surface area contributed by atoms with Gasteiger partial charge in [0.25, 0.3) is 0 Å². The third kappa shape index (κ3) is 5.25. The van der Waals surface area contributed by atoms with E-state index in [4.69, 9.17) is 23.2 Å². The number of nitrogens with one attached hydrogen (secondary N) is 2. The largest absolute Gasteiger partial charge is 0.356 e. The molecule has 2 N–H and O–H groups in total. The van der Waals surface area contributed by atoms with Gasteiger partial charge in [-0.1, -0.05) is 29.3 Å². The molecule has 2 unspecified atom stereocenters. The van der Waals surface area contributed by atoms with Crippen molar-refractivity contribution in [1.29, 1.82) is 0 Å². The third-order valence-electron chi connectivity index (χ3n) is 4.78. The molecule has 0 aliphatic carbocycles. The quantitative estimate of drug-likeness (QED) is 0.814. The lowest BCUT2D eigenvalue weighted by Crippen LogP contribution is -2.39. The maximum atomic E-state index is 12.1.